The Bertz CT molecular complexity index is 580. The van der Waals surface area contributed by atoms with E-state index in [0.717, 1.165) is 38.3 Å². The average molecular weight is 364 g/mol. The van der Waals surface area contributed by atoms with E-state index in [2.05, 4.69) is 15.5 Å². The molecule has 2 heterocycles. The van der Waals surface area contributed by atoms with E-state index in [1.807, 2.05) is 16.4 Å². The Hall–Kier alpha value is -1.63. The first-order valence-electron chi connectivity index (χ1n) is 10.1. The number of likely N-dealkylation sites (tertiary alicyclic amines) is 1. The predicted octanol–water partition coefficient (Wildman–Crippen LogP) is 3.13. The van der Waals surface area contributed by atoms with Crippen LogP contribution in [0.1, 0.15) is 70.2 Å². The molecule has 1 saturated heterocycles. The van der Waals surface area contributed by atoms with Gasteiger partial charge in [0.2, 0.25) is 0 Å². The summed E-state index contributed by atoms with van der Waals surface area (Å²) >= 11 is 0. The second-order valence-electron chi connectivity index (χ2n) is 7.99. The molecule has 2 amide bonds. The van der Waals surface area contributed by atoms with Crippen LogP contribution in [0.3, 0.4) is 0 Å². The molecule has 1 aliphatic carbocycles. The van der Waals surface area contributed by atoms with Crippen LogP contribution in [0, 0.1) is 5.41 Å². The van der Waals surface area contributed by atoms with Crippen LogP contribution in [0.5, 0.6) is 0 Å². The van der Waals surface area contributed by atoms with E-state index in [9.17, 15) is 4.79 Å². The van der Waals surface area contributed by atoms with Gasteiger partial charge in [-0.2, -0.15) is 0 Å². The summed E-state index contributed by atoms with van der Waals surface area (Å²) in [6.45, 7) is 5.26. The SMILES string of the molecule is COCCCn1cnnc1[C@H](C)NC(=O)N1CCC2(CCCCCC2)C1. The van der Waals surface area contributed by atoms with Gasteiger partial charge in [-0.05, 0) is 38.0 Å². The summed E-state index contributed by atoms with van der Waals surface area (Å²) in [6, 6.07) is -0.122. The molecular formula is C19H33N5O2. The number of nitrogens with one attached hydrogen (secondary N) is 1. The van der Waals surface area contributed by atoms with E-state index in [1.165, 1.54) is 38.5 Å². The van der Waals surface area contributed by atoms with Crippen molar-refractivity contribution in [1.82, 2.24) is 25.0 Å². The van der Waals surface area contributed by atoms with Crippen LogP contribution < -0.4 is 5.32 Å². The second kappa shape index (κ2) is 8.84. The summed E-state index contributed by atoms with van der Waals surface area (Å²) in [7, 11) is 1.70. The zero-order chi connectivity index (χ0) is 18.4. The van der Waals surface area contributed by atoms with Crippen LogP contribution in [0.15, 0.2) is 6.33 Å². The van der Waals surface area contributed by atoms with Crippen LogP contribution in [0.4, 0.5) is 4.79 Å². The van der Waals surface area contributed by atoms with Crippen molar-refractivity contribution in [2.45, 2.75) is 70.9 Å². The molecule has 1 aromatic heterocycles. The molecule has 1 atom stereocenters. The molecule has 1 spiro atoms. The molecule has 7 nitrogen and oxygen atoms in total. The Morgan fingerprint density at radius 1 is 1.31 bits per heavy atom. The minimum absolute atomic E-state index is 0.0325. The van der Waals surface area contributed by atoms with Crippen molar-refractivity contribution in [3.05, 3.63) is 12.2 Å². The summed E-state index contributed by atoms with van der Waals surface area (Å²) in [5, 5.41) is 11.3. The third-order valence-electron chi connectivity index (χ3n) is 6.01. The van der Waals surface area contributed by atoms with E-state index >= 15 is 0 Å². The Labute approximate surface area is 156 Å². The normalized spacial score (nSPS) is 20.9. The molecule has 146 valence electrons. The van der Waals surface area contributed by atoms with Gasteiger partial charge in [0.15, 0.2) is 5.82 Å². The average Bonchev–Trinajstić information content (AvgIpc) is 3.19. The van der Waals surface area contributed by atoms with Gasteiger partial charge in [0.1, 0.15) is 6.33 Å². The maximum absolute atomic E-state index is 12.8. The second-order valence-corrected chi connectivity index (χ2v) is 7.99. The molecule has 0 unspecified atom stereocenters. The third-order valence-corrected chi connectivity index (χ3v) is 6.01. The molecule has 1 aliphatic heterocycles. The number of nitrogens with zero attached hydrogens (tertiary/aromatic N) is 4. The van der Waals surface area contributed by atoms with Crippen LogP contribution >= 0.6 is 0 Å². The van der Waals surface area contributed by atoms with Crippen LogP contribution in [-0.2, 0) is 11.3 Å². The first-order valence-corrected chi connectivity index (χ1v) is 10.1. The monoisotopic (exact) mass is 363 g/mol. The minimum Gasteiger partial charge on any atom is -0.385 e. The highest BCUT2D eigenvalue weighted by Gasteiger charge is 2.40. The molecular weight excluding hydrogens is 330 g/mol. The van der Waals surface area contributed by atoms with Crippen molar-refractivity contribution in [3.8, 4) is 0 Å². The fraction of sp³-hybridized carbons (Fsp3) is 0.842. The zero-order valence-electron chi connectivity index (χ0n) is 16.2. The fourth-order valence-electron chi connectivity index (χ4n) is 4.49. The van der Waals surface area contributed by atoms with Gasteiger partial charge in [-0.1, -0.05) is 25.7 Å². The number of aromatic nitrogens is 3. The van der Waals surface area contributed by atoms with Gasteiger partial charge in [0, 0.05) is 33.4 Å². The Balaban J connectivity index is 1.54. The molecule has 1 saturated carbocycles. The van der Waals surface area contributed by atoms with Crippen LogP contribution in [0.25, 0.3) is 0 Å². The Kier molecular flexibility index (Phi) is 6.51. The summed E-state index contributed by atoms with van der Waals surface area (Å²) in [5.41, 5.74) is 0.372. The standard InChI is InChI=1S/C19H33N5O2/c1-16(17-22-20-15-24(17)11-7-13-26-2)21-18(25)23-12-10-19(14-23)8-5-3-4-6-9-19/h15-16H,3-14H2,1-2H3,(H,21,25)/t16-/m0/s1. The maximum Gasteiger partial charge on any atom is 0.317 e. The van der Waals surface area contributed by atoms with Crippen molar-refractivity contribution < 1.29 is 9.53 Å². The van der Waals surface area contributed by atoms with Gasteiger partial charge in [-0.3, -0.25) is 0 Å². The highest BCUT2D eigenvalue weighted by molar-refractivity contribution is 5.75. The molecule has 1 aromatic rings. The van der Waals surface area contributed by atoms with E-state index in [1.54, 1.807) is 13.4 Å². The molecule has 2 fully saturated rings. The summed E-state index contributed by atoms with van der Waals surface area (Å²) in [5.74, 6) is 0.804. The molecule has 26 heavy (non-hydrogen) atoms. The van der Waals surface area contributed by atoms with Crippen LogP contribution in [0.2, 0.25) is 0 Å². The number of aryl methyl sites for hydroxylation is 1. The largest absolute Gasteiger partial charge is 0.385 e. The van der Waals surface area contributed by atoms with Crippen molar-refractivity contribution in [1.29, 1.82) is 0 Å². The van der Waals surface area contributed by atoms with Gasteiger partial charge in [0.05, 0.1) is 6.04 Å². The maximum atomic E-state index is 12.8. The van der Waals surface area contributed by atoms with E-state index in [-0.39, 0.29) is 12.1 Å². The molecule has 2 aliphatic rings. The summed E-state index contributed by atoms with van der Waals surface area (Å²) in [6.07, 6.45) is 11.7. The molecule has 7 heteroatoms. The minimum atomic E-state index is -0.154. The molecule has 1 N–H and O–H groups in total. The number of rotatable bonds is 6. The number of methoxy groups -OCH3 is 1. The van der Waals surface area contributed by atoms with Crippen molar-refractivity contribution in [2.24, 2.45) is 5.41 Å². The molecule has 0 radical (unpaired) electrons. The third kappa shape index (κ3) is 4.55. The lowest BCUT2D eigenvalue weighted by atomic mass is 9.80. The Morgan fingerprint density at radius 3 is 2.81 bits per heavy atom. The zero-order valence-corrected chi connectivity index (χ0v) is 16.2. The Morgan fingerprint density at radius 2 is 2.08 bits per heavy atom. The number of amides is 2. The number of ether oxygens (including phenoxy) is 1. The first kappa shape index (κ1) is 19.1. The lowest BCUT2D eigenvalue weighted by Crippen LogP contribution is -2.41. The summed E-state index contributed by atoms with van der Waals surface area (Å²) < 4.78 is 7.11. The van der Waals surface area contributed by atoms with Crippen molar-refractivity contribution >= 4 is 6.03 Å². The van der Waals surface area contributed by atoms with Gasteiger partial charge in [0.25, 0.3) is 0 Å². The summed E-state index contributed by atoms with van der Waals surface area (Å²) in [4.78, 5) is 14.8. The van der Waals surface area contributed by atoms with Gasteiger partial charge < -0.3 is 19.5 Å². The number of carbonyl (C=O) groups excluding carboxylic acids is 1. The molecule has 0 bridgehead atoms. The lowest BCUT2D eigenvalue weighted by Gasteiger charge is -2.28. The predicted molar refractivity (Wildman–Crippen MR) is 99.8 cm³/mol. The van der Waals surface area contributed by atoms with Gasteiger partial charge in [-0.25, -0.2) is 4.79 Å². The van der Waals surface area contributed by atoms with Crippen molar-refractivity contribution in [2.75, 3.05) is 26.8 Å². The van der Waals surface area contributed by atoms with Gasteiger partial charge >= 0.3 is 6.03 Å². The molecule has 0 aromatic carbocycles. The first-order chi connectivity index (χ1) is 12.6. The van der Waals surface area contributed by atoms with E-state index < -0.39 is 0 Å². The van der Waals surface area contributed by atoms with Crippen LogP contribution in [-0.4, -0.2) is 52.5 Å². The number of hydrogen-bond donors (Lipinski definition) is 1. The quantitative estimate of drug-likeness (QED) is 0.788. The van der Waals surface area contributed by atoms with Crippen molar-refractivity contribution in [3.63, 3.8) is 0 Å². The lowest BCUT2D eigenvalue weighted by molar-refractivity contribution is 0.187. The highest BCUT2D eigenvalue weighted by atomic mass is 16.5. The number of carbonyl (C=O) groups is 1. The van der Waals surface area contributed by atoms with E-state index in [0.29, 0.717) is 12.0 Å². The van der Waals surface area contributed by atoms with Gasteiger partial charge in [-0.15, -0.1) is 10.2 Å². The fourth-order valence-corrected chi connectivity index (χ4v) is 4.49. The van der Waals surface area contributed by atoms with E-state index in [4.69, 9.17) is 4.74 Å². The number of urea groups is 1. The molecule has 3 rings (SSSR count). The number of hydrogen-bond acceptors (Lipinski definition) is 4. The highest BCUT2D eigenvalue weighted by Crippen LogP contribution is 2.42. The smallest absolute Gasteiger partial charge is 0.317 e. The topological polar surface area (TPSA) is 72.3 Å².